The van der Waals surface area contributed by atoms with Crippen molar-refractivity contribution in [2.75, 3.05) is 19.6 Å². The van der Waals surface area contributed by atoms with Crippen molar-refractivity contribution in [2.45, 2.75) is 39.4 Å². The van der Waals surface area contributed by atoms with E-state index >= 15 is 0 Å². The molecular formula is C24H32ClN5O. The lowest BCUT2D eigenvalue weighted by molar-refractivity contribution is -0.123. The van der Waals surface area contributed by atoms with Gasteiger partial charge >= 0.3 is 0 Å². The highest BCUT2D eigenvalue weighted by molar-refractivity contribution is 6.30. The van der Waals surface area contributed by atoms with Crippen LogP contribution in [0.4, 0.5) is 0 Å². The number of rotatable bonds is 8. The molecule has 166 valence electrons. The molecule has 1 aliphatic rings. The van der Waals surface area contributed by atoms with Crippen molar-refractivity contribution in [3.8, 4) is 0 Å². The van der Waals surface area contributed by atoms with Gasteiger partial charge in [0.25, 0.3) is 0 Å². The Hall–Kier alpha value is -2.57. The van der Waals surface area contributed by atoms with Crippen LogP contribution in [0, 0.1) is 5.92 Å². The molecule has 0 aliphatic carbocycles. The minimum Gasteiger partial charge on any atom is -0.369 e. The van der Waals surface area contributed by atoms with Gasteiger partial charge in [-0.3, -0.25) is 9.69 Å². The summed E-state index contributed by atoms with van der Waals surface area (Å²) in [4.78, 5) is 18.6. The second-order valence-electron chi connectivity index (χ2n) is 7.98. The summed E-state index contributed by atoms with van der Waals surface area (Å²) in [6.07, 6.45) is 1.91. The normalized spacial score (nSPS) is 17.4. The number of amides is 1. The number of halogens is 1. The van der Waals surface area contributed by atoms with Crippen LogP contribution in [0.25, 0.3) is 0 Å². The minimum absolute atomic E-state index is 0.0326. The Morgan fingerprint density at radius 3 is 2.71 bits per heavy atom. The number of carbonyl (C=O) groups excluding carboxylic acids is 1. The van der Waals surface area contributed by atoms with Crippen molar-refractivity contribution >= 4 is 23.5 Å². The van der Waals surface area contributed by atoms with Crippen LogP contribution < -0.4 is 16.4 Å². The van der Waals surface area contributed by atoms with E-state index in [2.05, 4.69) is 46.7 Å². The maximum Gasteiger partial charge on any atom is 0.221 e. The number of primary amides is 1. The van der Waals surface area contributed by atoms with Crippen LogP contribution in [0.5, 0.6) is 0 Å². The fourth-order valence-electron chi connectivity index (χ4n) is 3.86. The summed E-state index contributed by atoms with van der Waals surface area (Å²) in [5.74, 6) is 0.553. The average molecular weight is 442 g/mol. The summed E-state index contributed by atoms with van der Waals surface area (Å²) in [5.41, 5.74) is 9.00. The number of aliphatic imine (C=N–C) groups is 1. The zero-order valence-electron chi connectivity index (χ0n) is 18.1. The Kier molecular flexibility index (Phi) is 8.74. The Balaban J connectivity index is 1.58. The number of likely N-dealkylation sites (tertiary alicyclic amines) is 1. The zero-order valence-corrected chi connectivity index (χ0v) is 18.9. The SMILES string of the molecule is CCNC(=NCc1cccc(CN2CCCC(C(N)=O)C2)c1)NCc1cccc(Cl)c1. The molecule has 0 spiro atoms. The number of benzene rings is 2. The fraction of sp³-hybridized carbons (Fsp3) is 0.417. The fourth-order valence-corrected chi connectivity index (χ4v) is 4.07. The van der Waals surface area contributed by atoms with E-state index in [-0.39, 0.29) is 11.8 Å². The Morgan fingerprint density at radius 1 is 1.16 bits per heavy atom. The molecule has 31 heavy (non-hydrogen) atoms. The quantitative estimate of drug-likeness (QED) is 0.433. The number of hydrogen-bond acceptors (Lipinski definition) is 3. The Morgan fingerprint density at radius 2 is 1.94 bits per heavy atom. The zero-order chi connectivity index (χ0) is 22.1. The second kappa shape index (κ2) is 11.7. The summed E-state index contributed by atoms with van der Waals surface area (Å²) < 4.78 is 0. The van der Waals surface area contributed by atoms with Crippen LogP contribution in [0.2, 0.25) is 5.02 Å². The molecule has 3 rings (SSSR count). The first kappa shape index (κ1) is 23.1. The van der Waals surface area contributed by atoms with E-state index < -0.39 is 0 Å². The number of carbonyl (C=O) groups is 1. The molecule has 1 amide bonds. The smallest absolute Gasteiger partial charge is 0.221 e. The van der Waals surface area contributed by atoms with E-state index in [4.69, 9.17) is 22.3 Å². The number of nitrogens with zero attached hydrogens (tertiary/aromatic N) is 2. The largest absolute Gasteiger partial charge is 0.369 e. The van der Waals surface area contributed by atoms with Crippen LogP contribution in [0.1, 0.15) is 36.5 Å². The lowest BCUT2D eigenvalue weighted by Gasteiger charge is -2.31. The highest BCUT2D eigenvalue weighted by Gasteiger charge is 2.23. The minimum atomic E-state index is -0.186. The average Bonchev–Trinajstić information content (AvgIpc) is 2.76. The third-order valence-corrected chi connectivity index (χ3v) is 5.65. The lowest BCUT2D eigenvalue weighted by atomic mass is 9.97. The number of guanidine groups is 1. The number of nitrogens with one attached hydrogen (secondary N) is 2. The van der Waals surface area contributed by atoms with Crippen molar-refractivity contribution < 1.29 is 4.79 Å². The third-order valence-electron chi connectivity index (χ3n) is 5.42. The Bertz CT molecular complexity index is 901. The number of hydrogen-bond donors (Lipinski definition) is 3. The van der Waals surface area contributed by atoms with Crippen LogP contribution in [0.15, 0.2) is 53.5 Å². The first-order chi connectivity index (χ1) is 15.0. The lowest BCUT2D eigenvalue weighted by Crippen LogP contribution is -2.40. The predicted octanol–water partition coefficient (Wildman–Crippen LogP) is 3.29. The van der Waals surface area contributed by atoms with Gasteiger partial charge in [0.05, 0.1) is 12.5 Å². The molecule has 6 nitrogen and oxygen atoms in total. The molecule has 1 atom stereocenters. The molecule has 4 N–H and O–H groups in total. The molecule has 1 aliphatic heterocycles. The topological polar surface area (TPSA) is 82.8 Å². The van der Waals surface area contributed by atoms with Gasteiger partial charge in [-0.25, -0.2) is 4.99 Å². The molecular weight excluding hydrogens is 410 g/mol. The Labute approximate surface area is 189 Å². The molecule has 0 bridgehead atoms. The molecule has 0 saturated carbocycles. The summed E-state index contributed by atoms with van der Waals surface area (Å²) in [5, 5.41) is 7.38. The van der Waals surface area contributed by atoms with E-state index in [1.54, 1.807) is 0 Å². The van der Waals surface area contributed by atoms with Gasteiger partial charge in [0.1, 0.15) is 0 Å². The molecule has 0 aromatic heterocycles. The maximum atomic E-state index is 11.5. The third kappa shape index (κ3) is 7.56. The summed E-state index contributed by atoms with van der Waals surface area (Å²) >= 11 is 6.07. The molecule has 1 unspecified atom stereocenters. The van der Waals surface area contributed by atoms with Gasteiger partial charge < -0.3 is 16.4 Å². The predicted molar refractivity (Wildman–Crippen MR) is 127 cm³/mol. The van der Waals surface area contributed by atoms with Gasteiger partial charge in [-0.1, -0.05) is 48.0 Å². The van der Waals surface area contributed by atoms with Crippen LogP contribution >= 0.6 is 11.6 Å². The van der Waals surface area contributed by atoms with Gasteiger partial charge in [-0.15, -0.1) is 0 Å². The molecule has 1 heterocycles. The first-order valence-corrected chi connectivity index (χ1v) is 11.3. The van der Waals surface area contributed by atoms with Crippen molar-refractivity contribution in [3.05, 3.63) is 70.2 Å². The highest BCUT2D eigenvalue weighted by atomic mass is 35.5. The van der Waals surface area contributed by atoms with Gasteiger partial charge in [0.15, 0.2) is 5.96 Å². The molecule has 2 aromatic carbocycles. The standard InChI is InChI=1S/C24H32ClN5O/c1-2-27-24(29-15-19-7-4-10-22(25)13-19)28-14-18-6-3-8-20(12-18)16-30-11-5-9-21(17-30)23(26)31/h3-4,6-8,10,12-13,21H,2,5,9,11,14-17H2,1H3,(H2,26,31)(H2,27,28,29). The van der Waals surface area contributed by atoms with Crippen LogP contribution in [0.3, 0.4) is 0 Å². The van der Waals surface area contributed by atoms with Gasteiger partial charge in [-0.2, -0.15) is 0 Å². The molecule has 2 aromatic rings. The van der Waals surface area contributed by atoms with Crippen molar-refractivity contribution in [3.63, 3.8) is 0 Å². The van der Waals surface area contributed by atoms with Gasteiger partial charge in [0, 0.05) is 31.2 Å². The van der Waals surface area contributed by atoms with E-state index in [9.17, 15) is 4.79 Å². The van der Waals surface area contributed by atoms with E-state index in [0.29, 0.717) is 13.1 Å². The van der Waals surface area contributed by atoms with E-state index in [0.717, 1.165) is 61.1 Å². The van der Waals surface area contributed by atoms with Crippen molar-refractivity contribution in [1.82, 2.24) is 15.5 Å². The summed E-state index contributed by atoms with van der Waals surface area (Å²) in [7, 11) is 0. The first-order valence-electron chi connectivity index (χ1n) is 10.9. The van der Waals surface area contributed by atoms with Gasteiger partial charge in [-0.05, 0) is 55.1 Å². The highest BCUT2D eigenvalue weighted by Crippen LogP contribution is 2.19. The van der Waals surface area contributed by atoms with Crippen LogP contribution in [-0.4, -0.2) is 36.4 Å². The van der Waals surface area contributed by atoms with Gasteiger partial charge in [0.2, 0.25) is 5.91 Å². The molecule has 1 fully saturated rings. The van der Waals surface area contributed by atoms with E-state index in [1.165, 1.54) is 5.56 Å². The second-order valence-corrected chi connectivity index (χ2v) is 8.41. The molecule has 0 radical (unpaired) electrons. The van der Waals surface area contributed by atoms with Crippen LogP contribution in [-0.2, 0) is 24.4 Å². The van der Waals surface area contributed by atoms with E-state index in [1.807, 2.05) is 24.3 Å². The van der Waals surface area contributed by atoms with Crippen molar-refractivity contribution in [1.29, 1.82) is 0 Å². The molecule has 1 saturated heterocycles. The number of nitrogens with two attached hydrogens (primary N) is 1. The number of piperidine rings is 1. The summed E-state index contributed by atoms with van der Waals surface area (Å²) in [6.45, 7) is 6.66. The summed E-state index contributed by atoms with van der Waals surface area (Å²) in [6, 6.07) is 16.3. The maximum absolute atomic E-state index is 11.5. The van der Waals surface area contributed by atoms with Crippen molar-refractivity contribution in [2.24, 2.45) is 16.6 Å². The monoisotopic (exact) mass is 441 g/mol. The molecule has 7 heteroatoms.